The zero-order valence-electron chi connectivity index (χ0n) is 8.07. The largest absolute Gasteiger partial charge is 0.396 e. The lowest BCUT2D eigenvalue weighted by atomic mass is 10.1. The molecule has 1 aromatic carbocycles. The van der Waals surface area contributed by atoms with Crippen molar-refractivity contribution in [2.45, 2.75) is 13.3 Å². The molecular weight excluding hydrogens is 178 g/mol. The molecule has 1 aromatic heterocycles. The predicted molar refractivity (Wildman–Crippen MR) is 55.4 cm³/mol. The lowest BCUT2D eigenvalue weighted by Crippen LogP contribution is -2.11. The topological polar surface area (TPSA) is 64.1 Å². The first-order valence-corrected chi connectivity index (χ1v) is 4.55. The Morgan fingerprint density at radius 3 is 3.00 bits per heavy atom. The van der Waals surface area contributed by atoms with Crippen molar-refractivity contribution in [3.63, 3.8) is 0 Å². The van der Waals surface area contributed by atoms with E-state index in [2.05, 4.69) is 5.10 Å². The summed E-state index contributed by atoms with van der Waals surface area (Å²) in [7, 11) is 0. The molecular formula is C10H13N3O. The summed E-state index contributed by atoms with van der Waals surface area (Å²) in [5.74, 6) is 5.68. The summed E-state index contributed by atoms with van der Waals surface area (Å²) >= 11 is 0. The number of aliphatic hydroxyl groups is 1. The van der Waals surface area contributed by atoms with Gasteiger partial charge in [-0.15, -0.1) is 0 Å². The molecule has 14 heavy (non-hydrogen) atoms. The molecule has 2 rings (SSSR count). The molecule has 0 atom stereocenters. The van der Waals surface area contributed by atoms with Crippen LogP contribution in [0.3, 0.4) is 0 Å². The zero-order chi connectivity index (χ0) is 10.1. The van der Waals surface area contributed by atoms with E-state index in [1.165, 1.54) is 4.79 Å². The number of nitrogens with two attached hydrogens (primary N) is 1. The molecule has 0 aliphatic carbocycles. The maximum Gasteiger partial charge on any atom is 0.0948 e. The Labute approximate surface area is 81.9 Å². The van der Waals surface area contributed by atoms with Gasteiger partial charge in [0.05, 0.1) is 11.7 Å². The third kappa shape index (κ3) is 1.33. The van der Waals surface area contributed by atoms with E-state index in [1.807, 2.05) is 19.1 Å². The number of benzene rings is 1. The van der Waals surface area contributed by atoms with Crippen molar-refractivity contribution < 1.29 is 5.11 Å². The Morgan fingerprint density at radius 1 is 1.50 bits per heavy atom. The summed E-state index contributed by atoms with van der Waals surface area (Å²) in [6, 6.07) is 4.07. The van der Waals surface area contributed by atoms with Crippen LogP contribution in [0.2, 0.25) is 0 Å². The third-order valence-electron chi connectivity index (χ3n) is 2.29. The normalized spacial score (nSPS) is 11.0. The fraction of sp³-hybridized carbons (Fsp3) is 0.300. The van der Waals surface area contributed by atoms with Gasteiger partial charge in [-0.2, -0.15) is 9.89 Å². The van der Waals surface area contributed by atoms with Crippen LogP contribution in [-0.4, -0.2) is 21.6 Å². The first-order chi connectivity index (χ1) is 6.72. The number of aromatic nitrogens is 2. The highest BCUT2D eigenvalue weighted by Gasteiger charge is 2.06. The van der Waals surface area contributed by atoms with Crippen molar-refractivity contribution in [3.8, 4) is 0 Å². The van der Waals surface area contributed by atoms with E-state index in [-0.39, 0.29) is 6.61 Å². The van der Waals surface area contributed by atoms with Gasteiger partial charge in [-0.05, 0) is 25.0 Å². The van der Waals surface area contributed by atoms with Crippen molar-refractivity contribution in [3.05, 3.63) is 29.5 Å². The van der Waals surface area contributed by atoms with E-state index in [9.17, 15) is 0 Å². The average molecular weight is 191 g/mol. The molecule has 0 aliphatic heterocycles. The Hall–Kier alpha value is -1.55. The number of rotatable bonds is 2. The molecule has 0 radical (unpaired) electrons. The van der Waals surface area contributed by atoms with Crippen molar-refractivity contribution in [2.75, 3.05) is 12.4 Å². The predicted octanol–water partition coefficient (Wildman–Crippen LogP) is 0.593. The average Bonchev–Trinajstić information content (AvgIpc) is 2.48. The number of aryl methyl sites for hydroxylation is 1. The van der Waals surface area contributed by atoms with Crippen molar-refractivity contribution >= 4 is 10.9 Å². The SMILES string of the molecule is Cc1cc(CCO)c2c(cnn2N)c1. The smallest absolute Gasteiger partial charge is 0.0948 e. The van der Waals surface area contributed by atoms with Gasteiger partial charge in [0, 0.05) is 12.0 Å². The number of hydrogen-bond donors (Lipinski definition) is 2. The van der Waals surface area contributed by atoms with E-state index in [0.717, 1.165) is 22.0 Å². The van der Waals surface area contributed by atoms with Crippen molar-refractivity contribution in [2.24, 2.45) is 0 Å². The maximum absolute atomic E-state index is 8.93. The van der Waals surface area contributed by atoms with Crippen molar-refractivity contribution in [1.29, 1.82) is 0 Å². The van der Waals surface area contributed by atoms with Crippen LogP contribution in [0, 0.1) is 6.92 Å². The van der Waals surface area contributed by atoms with Crippen LogP contribution < -0.4 is 5.84 Å². The van der Waals surface area contributed by atoms with E-state index in [1.54, 1.807) is 6.20 Å². The molecule has 1 heterocycles. The number of hydrogen-bond acceptors (Lipinski definition) is 3. The Bertz CT molecular complexity index is 462. The molecule has 74 valence electrons. The second-order valence-corrected chi connectivity index (χ2v) is 3.42. The second-order valence-electron chi connectivity index (χ2n) is 3.42. The zero-order valence-corrected chi connectivity index (χ0v) is 8.07. The quantitative estimate of drug-likeness (QED) is 0.683. The van der Waals surface area contributed by atoms with Gasteiger partial charge in [0.25, 0.3) is 0 Å². The molecule has 0 saturated carbocycles. The molecule has 4 nitrogen and oxygen atoms in total. The summed E-state index contributed by atoms with van der Waals surface area (Å²) in [5, 5.41) is 13.9. The molecule has 2 aromatic rings. The van der Waals surface area contributed by atoms with E-state index in [0.29, 0.717) is 6.42 Å². The second kappa shape index (κ2) is 3.31. The molecule has 0 spiro atoms. The minimum absolute atomic E-state index is 0.129. The van der Waals surface area contributed by atoms with E-state index >= 15 is 0 Å². The molecule has 4 heteroatoms. The summed E-state index contributed by atoms with van der Waals surface area (Å²) < 4.78 is 0. The van der Waals surface area contributed by atoms with Gasteiger partial charge in [0.15, 0.2) is 0 Å². The Morgan fingerprint density at radius 2 is 2.29 bits per heavy atom. The van der Waals surface area contributed by atoms with Crippen LogP contribution in [0.15, 0.2) is 18.3 Å². The molecule has 0 unspecified atom stereocenters. The molecule has 0 bridgehead atoms. The molecule has 0 fully saturated rings. The highest BCUT2D eigenvalue weighted by atomic mass is 16.2. The fourth-order valence-corrected chi connectivity index (χ4v) is 1.75. The Kier molecular flexibility index (Phi) is 2.13. The van der Waals surface area contributed by atoms with Crippen molar-refractivity contribution in [1.82, 2.24) is 9.89 Å². The van der Waals surface area contributed by atoms with Crippen LogP contribution in [0.1, 0.15) is 11.1 Å². The van der Waals surface area contributed by atoms with Crippen LogP contribution in [0.4, 0.5) is 0 Å². The first kappa shape index (κ1) is 9.02. The molecule has 3 N–H and O–H groups in total. The highest BCUT2D eigenvalue weighted by molar-refractivity contribution is 5.82. The fourth-order valence-electron chi connectivity index (χ4n) is 1.75. The van der Waals surface area contributed by atoms with Gasteiger partial charge in [0.1, 0.15) is 0 Å². The van der Waals surface area contributed by atoms with Gasteiger partial charge in [-0.25, -0.2) is 0 Å². The maximum atomic E-state index is 8.93. The number of fused-ring (bicyclic) bond motifs is 1. The third-order valence-corrected chi connectivity index (χ3v) is 2.29. The number of nitrogen functional groups attached to an aromatic ring is 1. The minimum Gasteiger partial charge on any atom is -0.396 e. The van der Waals surface area contributed by atoms with E-state index < -0.39 is 0 Å². The van der Waals surface area contributed by atoms with Crippen LogP contribution in [0.5, 0.6) is 0 Å². The minimum atomic E-state index is 0.129. The Balaban J connectivity index is 2.70. The highest BCUT2D eigenvalue weighted by Crippen LogP contribution is 2.19. The van der Waals surface area contributed by atoms with Gasteiger partial charge < -0.3 is 10.9 Å². The van der Waals surface area contributed by atoms with Gasteiger partial charge in [-0.3, -0.25) is 0 Å². The first-order valence-electron chi connectivity index (χ1n) is 4.55. The monoisotopic (exact) mass is 191 g/mol. The summed E-state index contributed by atoms with van der Waals surface area (Å²) in [6.07, 6.45) is 2.35. The van der Waals surface area contributed by atoms with E-state index in [4.69, 9.17) is 10.9 Å². The van der Waals surface area contributed by atoms with Crippen LogP contribution in [0.25, 0.3) is 10.9 Å². The molecule has 0 amide bonds. The van der Waals surface area contributed by atoms with Gasteiger partial charge in [0.2, 0.25) is 0 Å². The molecule has 0 saturated heterocycles. The number of nitrogens with zero attached hydrogens (tertiary/aromatic N) is 2. The summed E-state index contributed by atoms with van der Waals surface area (Å²) in [4.78, 5) is 1.36. The standard InChI is InChI=1S/C10H13N3O/c1-7-4-8(2-3-14)10-9(5-7)6-12-13(10)11/h4-6,14H,2-3,11H2,1H3. The number of aliphatic hydroxyl groups excluding tert-OH is 1. The van der Waals surface area contributed by atoms with Crippen LogP contribution in [-0.2, 0) is 6.42 Å². The summed E-state index contributed by atoms with van der Waals surface area (Å²) in [6.45, 7) is 2.15. The molecule has 0 aliphatic rings. The van der Waals surface area contributed by atoms with Gasteiger partial charge >= 0.3 is 0 Å². The lowest BCUT2D eigenvalue weighted by Gasteiger charge is -2.04. The lowest BCUT2D eigenvalue weighted by molar-refractivity contribution is 0.300. The van der Waals surface area contributed by atoms with Crippen LogP contribution >= 0.6 is 0 Å². The summed E-state index contributed by atoms with van der Waals surface area (Å²) in [5.41, 5.74) is 3.11. The van der Waals surface area contributed by atoms with Gasteiger partial charge in [-0.1, -0.05) is 11.6 Å².